The summed E-state index contributed by atoms with van der Waals surface area (Å²) in [7, 11) is 0. The average molecular weight is 483 g/mol. The lowest BCUT2D eigenvalue weighted by atomic mass is 9.99. The first-order valence-corrected chi connectivity index (χ1v) is 13.6. The normalized spacial score (nSPS) is 22.2. The zero-order chi connectivity index (χ0) is 22.5. The van der Waals surface area contributed by atoms with Gasteiger partial charge in [0.1, 0.15) is 11.9 Å². The molecule has 0 saturated carbocycles. The van der Waals surface area contributed by atoms with Crippen molar-refractivity contribution in [3.63, 3.8) is 0 Å². The number of fused-ring (bicyclic) bond motifs is 2. The molecule has 174 valence electrons. The van der Waals surface area contributed by atoms with Crippen LogP contribution in [0.15, 0.2) is 64.0 Å². The molecule has 0 unspecified atom stereocenters. The fraction of sp³-hybridized carbons (Fsp3) is 0.423. The number of benzene rings is 1. The van der Waals surface area contributed by atoms with Crippen molar-refractivity contribution in [1.82, 2.24) is 4.90 Å². The summed E-state index contributed by atoms with van der Waals surface area (Å²) in [5, 5.41) is 8.15. The van der Waals surface area contributed by atoms with E-state index in [-0.39, 0.29) is 12.2 Å². The van der Waals surface area contributed by atoms with Gasteiger partial charge in [-0.05, 0) is 65.2 Å². The second kappa shape index (κ2) is 10.7. The van der Waals surface area contributed by atoms with Crippen LogP contribution in [0, 0.1) is 0 Å². The van der Waals surface area contributed by atoms with Crippen molar-refractivity contribution in [3.05, 3.63) is 69.5 Å². The lowest BCUT2D eigenvalue weighted by Gasteiger charge is -2.39. The first kappa shape index (κ1) is 22.4. The topological polar surface area (TPSA) is 42.0 Å². The molecule has 2 fully saturated rings. The minimum atomic E-state index is -0.228. The molecule has 0 spiro atoms. The van der Waals surface area contributed by atoms with Crippen LogP contribution in [0.1, 0.15) is 37.7 Å². The van der Waals surface area contributed by atoms with Crippen molar-refractivity contribution in [1.29, 1.82) is 0 Å². The first-order chi connectivity index (χ1) is 16.3. The number of carbonyl (C=O) groups excluding carboxylic acids is 1. The maximum atomic E-state index is 13.2. The van der Waals surface area contributed by atoms with Crippen LogP contribution in [0.5, 0.6) is 5.75 Å². The molecule has 5 rings (SSSR count). The third-order valence-electron chi connectivity index (χ3n) is 6.64. The molecule has 1 aromatic carbocycles. The van der Waals surface area contributed by atoms with Gasteiger partial charge in [0.2, 0.25) is 0 Å². The molecule has 0 radical (unpaired) electrons. The second-order valence-corrected chi connectivity index (χ2v) is 10.4. The minimum Gasteiger partial charge on any atom is -0.494 e. The van der Waals surface area contributed by atoms with E-state index in [1.165, 1.54) is 12.8 Å². The van der Waals surface area contributed by atoms with E-state index in [1.54, 1.807) is 27.6 Å². The quantitative estimate of drug-likeness (QED) is 0.330. The van der Waals surface area contributed by atoms with E-state index >= 15 is 0 Å². The Morgan fingerprint density at radius 1 is 1.00 bits per heavy atom. The zero-order valence-electron chi connectivity index (χ0n) is 18.7. The summed E-state index contributed by atoms with van der Waals surface area (Å²) in [5.41, 5.74) is 2.05. The SMILES string of the molecule is O=C(O[C@H]1C[C@H]2CC[C@@H](C1)N2CCCOc1ccccc1)N(Cc1ccsc1)c1ccsc1. The Morgan fingerprint density at radius 3 is 2.45 bits per heavy atom. The van der Waals surface area contributed by atoms with E-state index in [0.29, 0.717) is 18.6 Å². The first-order valence-electron chi connectivity index (χ1n) is 11.7. The molecule has 2 aliphatic rings. The molecule has 0 N–H and O–H groups in total. The van der Waals surface area contributed by atoms with E-state index < -0.39 is 0 Å². The van der Waals surface area contributed by atoms with Crippen LogP contribution in [0.2, 0.25) is 0 Å². The summed E-state index contributed by atoms with van der Waals surface area (Å²) in [6.07, 6.45) is 5.03. The summed E-state index contributed by atoms with van der Waals surface area (Å²) >= 11 is 3.25. The Morgan fingerprint density at radius 2 is 1.76 bits per heavy atom. The van der Waals surface area contributed by atoms with Gasteiger partial charge in [-0.1, -0.05) is 18.2 Å². The maximum absolute atomic E-state index is 13.2. The Hall–Kier alpha value is -2.35. The largest absolute Gasteiger partial charge is 0.494 e. The number of amides is 1. The van der Waals surface area contributed by atoms with Crippen LogP contribution >= 0.6 is 22.7 Å². The van der Waals surface area contributed by atoms with Crippen molar-refractivity contribution < 1.29 is 14.3 Å². The van der Waals surface area contributed by atoms with E-state index in [0.717, 1.165) is 49.4 Å². The molecule has 2 bridgehead atoms. The van der Waals surface area contributed by atoms with Gasteiger partial charge in [-0.2, -0.15) is 22.7 Å². The Labute approximate surface area is 203 Å². The summed E-state index contributed by atoms with van der Waals surface area (Å²) in [4.78, 5) is 17.6. The third-order valence-corrected chi connectivity index (χ3v) is 8.04. The smallest absolute Gasteiger partial charge is 0.414 e. The molecule has 3 atom stereocenters. The number of para-hydroxylation sites is 1. The van der Waals surface area contributed by atoms with Gasteiger partial charge >= 0.3 is 6.09 Å². The highest BCUT2D eigenvalue weighted by Gasteiger charge is 2.42. The highest BCUT2D eigenvalue weighted by molar-refractivity contribution is 7.08. The van der Waals surface area contributed by atoms with Crippen molar-refractivity contribution in [2.75, 3.05) is 18.1 Å². The fourth-order valence-electron chi connectivity index (χ4n) is 5.08. The van der Waals surface area contributed by atoms with E-state index in [2.05, 4.69) is 16.3 Å². The van der Waals surface area contributed by atoms with Gasteiger partial charge in [-0.25, -0.2) is 4.79 Å². The van der Waals surface area contributed by atoms with Gasteiger partial charge in [0.05, 0.1) is 18.8 Å². The number of hydrogen-bond donors (Lipinski definition) is 0. The molecule has 33 heavy (non-hydrogen) atoms. The predicted octanol–water partition coefficient (Wildman–Crippen LogP) is 6.42. The van der Waals surface area contributed by atoms with Gasteiger partial charge in [-0.15, -0.1) is 0 Å². The summed E-state index contributed by atoms with van der Waals surface area (Å²) in [6.45, 7) is 2.32. The Balaban J connectivity index is 1.13. The molecular weight excluding hydrogens is 452 g/mol. The highest BCUT2D eigenvalue weighted by atomic mass is 32.1. The van der Waals surface area contributed by atoms with Crippen molar-refractivity contribution in [2.24, 2.45) is 0 Å². The molecule has 5 nitrogen and oxygen atoms in total. The number of ether oxygens (including phenoxy) is 2. The number of carbonyl (C=O) groups is 1. The van der Waals surface area contributed by atoms with Crippen molar-refractivity contribution >= 4 is 34.5 Å². The van der Waals surface area contributed by atoms with Crippen LogP contribution < -0.4 is 9.64 Å². The summed E-state index contributed by atoms with van der Waals surface area (Å²) in [6, 6.07) is 15.1. The summed E-state index contributed by atoms with van der Waals surface area (Å²) < 4.78 is 11.9. The van der Waals surface area contributed by atoms with E-state index in [9.17, 15) is 4.79 Å². The van der Waals surface area contributed by atoms with Crippen molar-refractivity contribution in [3.8, 4) is 5.75 Å². The molecule has 2 aliphatic heterocycles. The fourth-order valence-corrected chi connectivity index (χ4v) is 6.38. The van der Waals surface area contributed by atoms with Crippen LogP contribution in [0.4, 0.5) is 10.5 Å². The van der Waals surface area contributed by atoms with E-state index in [4.69, 9.17) is 9.47 Å². The van der Waals surface area contributed by atoms with Gasteiger partial charge in [-0.3, -0.25) is 9.80 Å². The zero-order valence-corrected chi connectivity index (χ0v) is 20.3. The van der Waals surface area contributed by atoms with Gasteiger partial charge in [0, 0.05) is 36.9 Å². The molecule has 3 aromatic rings. The molecular formula is C26H30N2O3S2. The molecule has 7 heteroatoms. The van der Waals surface area contributed by atoms with Crippen LogP contribution in [0.25, 0.3) is 0 Å². The predicted molar refractivity (Wildman–Crippen MR) is 134 cm³/mol. The third kappa shape index (κ3) is 5.60. The number of piperidine rings is 1. The number of hydrogen-bond acceptors (Lipinski definition) is 6. The maximum Gasteiger partial charge on any atom is 0.414 e. The van der Waals surface area contributed by atoms with Gasteiger partial charge in [0.25, 0.3) is 0 Å². The second-order valence-electron chi connectivity index (χ2n) is 8.81. The number of rotatable bonds is 9. The van der Waals surface area contributed by atoms with Gasteiger partial charge in [0.15, 0.2) is 0 Å². The Kier molecular flexibility index (Phi) is 7.29. The summed E-state index contributed by atoms with van der Waals surface area (Å²) in [5.74, 6) is 0.934. The van der Waals surface area contributed by atoms with Crippen LogP contribution in [-0.4, -0.2) is 42.3 Å². The number of nitrogens with zero attached hydrogens (tertiary/aromatic N) is 2. The number of anilines is 1. The molecule has 4 heterocycles. The molecule has 0 aliphatic carbocycles. The number of thiophene rings is 2. The molecule has 1 amide bonds. The standard InChI is InChI=1S/C26H30N2O3S2/c29-26(28(23-10-14-33-19-23)17-20-9-13-32-18-20)31-25-15-21-7-8-22(16-25)27(21)11-4-12-30-24-5-2-1-3-6-24/h1-3,5-6,9-10,13-14,18-19,21-22,25H,4,7-8,11-12,15-17H2/t21-,22+,25+. The molecule has 2 saturated heterocycles. The highest BCUT2D eigenvalue weighted by Crippen LogP contribution is 2.37. The van der Waals surface area contributed by atoms with E-state index in [1.807, 2.05) is 52.5 Å². The van der Waals surface area contributed by atoms with Crippen LogP contribution in [-0.2, 0) is 11.3 Å². The van der Waals surface area contributed by atoms with Gasteiger partial charge < -0.3 is 9.47 Å². The average Bonchev–Trinajstić information content (AvgIpc) is 3.58. The lowest BCUT2D eigenvalue weighted by Crippen LogP contribution is -2.47. The monoisotopic (exact) mass is 482 g/mol. The minimum absolute atomic E-state index is 0.00423. The van der Waals surface area contributed by atoms with Crippen molar-refractivity contribution in [2.45, 2.75) is 56.8 Å². The Bertz CT molecular complexity index is 980. The molecule has 2 aromatic heterocycles. The lowest BCUT2D eigenvalue weighted by molar-refractivity contribution is 0.0190. The van der Waals surface area contributed by atoms with Crippen LogP contribution in [0.3, 0.4) is 0 Å².